The number of carbonyl (C=O) groups excluding carboxylic acids is 1. The maximum absolute atomic E-state index is 12.7. The molecule has 1 amide bonds. The molecule has 0 aliphatic rings. The van der Waals surface area contributed by atoms with E-state index in [1.54, 1.807) is 6.20 Å². The minimum atomic E-state index is -0.171. The van der Waals surface area contributed by atoms with Gasteiger partial charge in [-0.1, -0.05) is 42.5 Å². The zero-order valence-corrected chi connectivity index (χ0v) is 17.6. The lowest BCUT2D eigenvalue weighted by Gasteiger charge is -2.11. The van der Waals surface area contributed by atoms with E-state index >= 15 is 0 Å². The molecule has 0 saturated heterocycles. The van der Waals surface area contributed by atoms with Crippen LogP contribution in [0.15, 0.2) is 79.0 Å². The number of likely N-dealkylation sites (N-methyl/N-ethyl adjacent to an activating group) is 1. The van der Waals surface area contributed by atoms with E-state index in [1.165, 1.54) is 0 Å². The van der Waals surface area contributed by atoms with Gasteiger partial charge < -0.3 is 15.0 Å². The smallest absolute Gasteiger partial charge is 0.255 e. The Morgan fingerprint density at radius 1 is 0.935 bits per heavy atom. The molecule has 31 heavy (non-hydrogen) atoms. The molecule has 0 aliphatic carbocycles. The average Bonchev–Trinajstić information content (AvgIpc) is 2.79. The number of anilines is 1. The van der Waals surface area contributed by atoms with Crippen molar-refractivity contribution in [3.05, 3.63) is 84.6 Å². The van der Waals surface area contributed by atoms with Crippen LogP contribution in [-0.2, 0) is 0 Å². The van der Waals surface area contributed by atoms with Gasteiger partial charge in [-0.3, -0.25) is 4.79 Å². The normalized spacial score (nSPS) is 10.9. The highest BCUT2D eigenvalue weighted by Crippen LogP contribution is 2.21. The third kappa shape index (κ3) is 5.24. The van der Waals surface area contributed by atoms with Crippen LogP contribution < -0.4 is 10.1 Å². The van der Waals surface area contributed by atoms with Gasteiger partial charge in [0, 0.05) is 17.8 Å². The van der Waals surface area contributed by atoms with Crippen molar-refractivity contribution in [2.75, 3.05) is 32.6 Å². The molecule has 0 bridgehead atoms. The van der Waals surface area contributed by atoms with E-state index in [4.69, 9.17) is 4.74 Å². The quantitative estimate of drug-likeness (QED) is 0.484. The van der Waals surface area contributed by atoms with E-state index in [-0.39, 0.29) is 5.91 Å². The van der Waals surface area contributed by atoms with Gasteiger partial charge in [-0.2, -0.15) is 0 Å². The molecule has 1 N–H and O–H groups in total. The van der Waals surface area contributed by atoms with Crippen molar-refractivity contribution in [1.29, 1.82) is 0 Å². The van der Waals surface area contributed by atoms with Crippen LogP contribution in [0, 0.1) is 0 Å². The summed E-state index contributed by atoms with van der Waals surface area (Å²) in [5.41, 5.74) is 4.86. The van der Waals surface area contributed by atoms with E-state index in [1.807, 2.05) is 91.8 Å². The fourth-order valence-electron chi connectivity index (χ4n) is 3.12. The van der Waals surface area contributed by atoms with Gasteiger partial charge in [0.25, 0.3) is 5.91 Å². The number of fused-ring (bicyclic) bond motifs is 1. The number of hydrogen-bond acceptors (Lipinski definition) is 5. The summed E-state index contributed by atoms with van der Waals surface area (Å²) in [5, 5.41) is 2.93. The number of hydrogen-bond donors (Lipinski definition) is 1. The van der Waals surface area contributed by atoms with E-state index in [2.05, 4.69) is 15.3 Å². The monoisotopic (exact) mass is 412 g/mol. The molecule has 6 heteroatoms. The highest BCUT2D eigenvalue weighted by Gasteiger charge is 2.09. The van der Waals surface area contributed by atoms with Gasteiger partial charge in [0.1, 0.15) is 6.61 Å². The molecule has 4 rings (SSSR count). The lowest BCUT2D eigenvalue weighted by molar-refractivity contribution is 0.102. The van der Waals surface area contributed by atoms with Crippen LogP contribution in [0.1, 0.15) is 10.4 Å². The van der Waals surface area contributed by atoms with Crippen LogP contribution in [0.3, 0.4) is 0 Å². The summed E-state index contributed by atoms with van der Waals surface area (Å²) < 4.78 is 5.63. The Bertz CT molecular complexity index is 1180. The third-order valence-corrected chi connectivity index (χ3v) is 4.82. The minimum absolute atomic E-state index is 0.171. The fraction of sp³-hybridized carbons (Fsp3) is 0.160. The number of aromatic nitrogens is 2. The number of rotatable bonds is 7. The van der Waals surface area contributed by atoms with Crippen LogP contribution in [0.25, 0.3) is 22.2 Å². The van der Waals surface area contributed by atoms with Gasteiger partial charge >= 0.3 is 0 Å². The SMILES string of the molecule is CN(C)CCOc1cnc2cc(NC(=O)c3ccc(-c4ccccc4)cc3)ccc2n1. The van der Waals surface area contributed by atoms with E-state index in [9.17, 15) is 4.79 Å². The number of carbonyl (C=O) groups is 1. The highest BCUT2D eigenvalue weighted by molar-refractivity contribution is 6.05. The molecule has 0 spiro atoms. The van der Waals surface area contributed by atoms with E-state index in [0.29, 0.717) is 34.8 Å². The molecule has 0 aliphatic heterocycles. The summed E-state index contributed by atoms with van der Waals surface area (Å²) >= 11 is 0. The number of ether oxygens (including phenoxy) is 1. The van der Waals surface area contributed by atoms with Gasteiger partial charge in [-0.25, -0.2) is 9.97 Å². The molecule has 156 valence electrons. The Labute approximate surface area is 181 Å². The van der Waals surface area contributed by atoms with Gasteiger partial charge in [-0.05, 0) is 55.6 Å². The molecule has 1 aromatic heterocycles. The highest BCUT2D eigenvalue weighted by atomic mass is 16.5. The predicted molar refractivity (Wildman–Crippen MR) is 123 cm³/mol. The molecular weight excluding hydrogens is 388 g/mol. The van der Waals surface area contributed by atoms with Gasteiger partial charge in [0.2, 0.25) is 5.88 Å². The van der Waals surface area contributed by atoms with Crippen LogP contribution >= 0.6 is 0 Å². The second-order valence-electron chi connectivity index (χ2n) is 7.46. The summed E-state index contributed by atoms with van der Waals surface area (Å²) in [6, 6.07) is 23.1. The molecule has 0 radical (unpaired) electrons. The number of amides is 1. The number of nitrogens with zero attached hydrogens (tertiary/aromatic N) is 3. The van der Waals surface area contributed by atoms with Crippen LogP contribution in [0.5, 0.6) is 5.88 Å². The Kier molecular flexibility index (Phi) is 6.19. The molecule has 4 aromatic rings. The molecule has 0 saturated carbocycles. The summed E-state index contributed by atoms with van der Waals surface area (Å²) in [7, 11) is 3.98. The zero-order valence-electron chi connectivity index (χ0n) is 17.6. The topological polar surface area (TPSA) is 67.3 Å². The molecular formula is C25H24N4O2. The van der Waals surface area contributed by atoms with Gasteiger partial charge in [0.15, 0.2) is 0 Å². The summed E-state index contributed by atoms with van der Waals surface area (Å²) in [6.07, 6.45) is 1.60. The molecule has 0 unspecified atom stereocenters. The first-order valence-electron chi connectivity index (χ1n) is 10.1. The van der Waals surface area contributed by atoms with Crippen LogP contribution in [0.4, 0.5) is 5.69 Å². The van der Waals surface area contributed by atoms with Crippen LogP contribution in [0.2, 0.25) is 0 Å². The van der Waals surface area contributed by atoms with Crippen molar-refractivity contribution >= 4 is 22.6 Å². The number of nitrogens with one attached hydrogen (secondary N) is 1. The van der Waals surface area contributed by atoms with Crippen molar-refractivity contribution in [3.8, 4) is 17.0 Å². The maximum atomic E-state index is 12.7. The Hall–Kier alpha value is -3.77. The average molecular weight is 412 g/mol. The van der Waals surface area contributed by atoms with Crippen molar-refractivity contribution in [2.45, 2.75) is 0 Å². The van der Waals surface area contributed by atoms with Crippen molar-refractivity contribution in [2.24, 2.45) is 0 Å². The largest absolute Gasteiger partial charge is 0.475 e. The molecule has 0 atom stereocenters. The Morgan fingerprint density at radius 2 is 1.68 bits per heavy atom. The Morgan fingerprint density at radius 3 is 2.42 bits per heavy atom. The lowest BCUT2D eigenvalue weighted by atomic mass is 10.0. The second-order valence-corrected chi connectivity index (χ2v) is 7.46. The minimum Gasteiger partial charge on any atom is -0.475 e. The summed E-state index contributed by atoms with van der Waals surface area (Å²) in [4.78, 5) is 23.6. The molecule has 1 heterocycles. The van der Waals surface area contributed by atoms with Crippen molar-refractivity contribution in [3.63, 3.8) is 0 Å². The van der Waals surface area contributed by atoms with Gasteiger partial charge in [-0.15, -0.1) is 0 Å². The van der Waals surface area contributed by atoms with Crippen molar-refractivity contribution in [1.82, 2.24) is 14.9 Å². The standard InChI is InChI=1S/C25H24N4O2/c1-29(2)14-15-31-24-17-26-23-16-21(12-13-22(23)28-24)27-25(30)20-10-8-19(9-11-20)18-6-4-3-5-7-18/h3-13,16-17H,14-15H2,1-2H3,(H,27,30). The molecule has 3 aromatic carbocycles. The predicted octanol–water partition coefficient (Wildman–Crippen LogP) is 4.49. The number of benzene rings is 3. The fourth-order valence-corrected chi connectivity index (χ4v) is 3.12. The third-order valence-electron chi connectivity index (χ3n) is 4.82. The first-order chi connectivity index (χ1) is 15.1. The first-order valence-corrected chi connectivity index (χ1v) is 10.1. The first kappa shape index (κ1) is 20.5. The van der Waals surface area contributed by atoms with E-state index in [0.717, 1.165) is 17.7 Å². The second kappa shape index (κ2) is 9.36. The maximum Gasteiger partial charge on any atom is 0.255 e. The van der Waals surface area contributed by atoms with E-state index < -0.39 is 0 Å². The lowest BCUT2D eigenvalue weighted by Crippen LogP contribution is -2.19. The summed E-state index contributed by atoms with van der Waals surface area (Å²) in [6.45, 7) is 1.35. The molecule has 6 nitrogen and oxygen atoms in total. The zero-order chi connectivity index (χ0) is 21.6. The summed E-state index contributed by atoms with van der Waals surface area (Å²) in [5.74, 6) is 0.320. The van der Waals surface area contributed by atoms with Crippen LogP contribution in [-0.4, -0.2) is 48.0 Å². The van der Waals surface area contributed by atoms with Gasteiger partial charge in [0.05, 0.1) is 17.2 Å². The van der Waals surface area contributed by atoms with Crippen molar-refractivity contribution < 1.29 is 9.53 Å². The Balaban J connectivity index is 1.43. The molecule has 0 fully saturated rings.